The molecule has 2 rings (SSSR count). The number of benzene rings is 1. The topological polar surface area (TPSA) is 65.1 Å². The van der Waals surface area contributed by atoms with E-state index in [1.165, 1.54) is 0 Å². The van der Waals surface area contributed by atoms with Crippen LogP contribution in [0.4, 0.5) is 5.69 Å². The first-order valence-electron chi connectivity index (χ1n) is 4.82. The van der Waals surface area contributed by atoms with Crippen LogP contribution in [0.2, 0.25) is 0 Å². The monoisotopic (exact) mass is 202 g/mol. The highest BCUT2D eigenvalue weighted by Gasteiger charge is 2.23. The van der Waals surface area contributed by atoms with Crippen molar-refractivity contribution in [1.29, 1.82) is 5.41 Å². The van der Waals surface area contributed by atoms with Gasteiger partial charge in [0.15, 0.2) is 6.29 Å². The van der Waals surface area contributed by atoms with Gasteiger partial charge in [-0.25, -0.2) is 0 Å². The Balaban J connectivity index is 2.37. The summed E-state index contributed by atoms with van der Waals surface area (Å²) in [6.07, 6.45) is 1.40. The third-order valence-corrected chi connectivity index (χ3v) is 2.40. The highest BCUT2D eigenvalue weighted by molar-refractivity contribution is 6.08. The standard InChI is InChI=1S/C11H14N4/c1-8-7-14-11(13)15(10(8)12)9-5-3-2-4-6-9/h2-7,11-12,14H,13H2,1H3. The van der Waals surface area contributed by atoms with E-state index < -0.39 is 0 Å². The predicted octanol–water partition coefficient (Wildman–Crippen LogP) is 1.22. The molecule has 0 amide bonds. The molecule has 0 saturated carbocycles. The van der Waals surface area contributed by atoms with Gasteiger partial charge in [0, 0.05) is 17.5 Å². The van der Waals surface area contributed by atoms with E-state index in [1.54, 1.807) is 11.1 Å². The average Bonchev–Trinajstić information content (AvgIpc) is 2.26. The van der Waals surface area contributed by atoms with Crippen LogP contribution in [0.15, 0.2) is 42.1 Å². The number of nitrogens with zero attached hydrogens (tertiary/aromatic N) is 1. The lowest BCUT2D eigenvalue weighted by Crippen LogP contribution is -2.56. The number of nitrogens with one attached hydrogen (secondary N) is 2. The Hall–Kier alpha value is -1.81. The maximum Gasteiger partial charge on any atom is 0.158 e. The molecule has 0 fully saturated rings. The quantitative estimate of drug-likeness (QED) is 0.641. The van der Waals surface area contributed by atoms with Crippen molar-refractivity contribution in [2.75, 3.05) is 4.90 Å². The van der Waals surface area contributed by atoms with Crippen LogP contribution in [0.25, 0.3) is 0 Å². The molecule has 1 aromatic carbocycles. The maximum absolute atomic E-state index is 7.96. The Morgan fingerprint density at radius 2 is 2.00 bits per heavy atom. The van der Waals surface area contributed by atoms with Crippen LogP contribution in [-0.4, -0.2) is 12.1 Å². The fourth-order valence-corrected chi connectivity index (χ4v) is 1.56. The Labute approximate surface area is 88.9 Å². The molecule has 1 atom stereocenters. The van der Waals surface area contributed by atoms with Crippen molar-refractivity contribution in [2.24, 2.45) is 5.73 Å². The van der Waals surface area contributed by atoms with Crippen LogP contribution in [-0.2, 0) is 0 Å². The van der Waals surface area contributed by atoms with Gasteiger partial charge in [-0.3, -0.25) is 16.0 Å². The van der Waals surface area contributed by atoms with Gasteiger partial charge in [-0.15, -0.1) is 0 Å². The van der Waals surface area contributed by atoms with E-state index in [4.69, 9.17) is 11.1 Å². The highest BCUT2D eigenvalue weighted by Crippen LogP contribution is 2.19. The molecule has 0 aliphatic carbocycles. The molecule has 0 radical (unpaired) electrons. The summed E-state index contributed by atoms with van der Waals surface area (Å²) in [5.74, 6) is 0.437. The molecule has 0 bridgehead atoms. The Kier molecular flexibility index (Phi) is 2.43. The Morgan fingerprint density at radius 3 is 2.67 bits per heavy atom. The van der Waals surface area contributed by atoms with Crippen molar-refractivity contribution in [2.45, 2.75) is 13.2 Å². The first kappa shape index (κ1) is 9.73. The third-order valence-electron chi connectivity index (χ3n) is 2.40. The second kappa shape index (κ2) is 3.74. The fraction of sp³-hybridized carbons (Fsp3) is 0.182. The SMILES string of the molecule is CC1=CNC(N)N(c2ccccc2)C1=N. The minimum Gasteiger partial charge on any atom is -0.359 e. The Bertz CT molecular complexity index is 396. The number of hydrogen-bond acceptors (Lipinski definition) is 3. The maximum atomic E-state index is 7.96. The summed E-state index contributed by atoms with van der Waals surface area (Å²) >= 11 is 0. The molecule has 1 unspecified atom stereocenters. The fourth-order valence-electron chi connectivity index (χ4n) is 1.56. The van der Waals surface area contributed by atoms with Gasteiger partial charge >= 0.3 is 0 Å². The molecule has 4 N–H and O–H groups in total. The number of amidine groups is 1. The van der Waals surface area contributed by atoms with Crippen LogP contribution in [0.1, 0.15) is 6.92 Å². The summed E-state index contributed by atoms with van der Waals surface area (Å²) in [7, 11) is 0. The summed E-state index contributed by atoms with van der Waals surface area (Å²) < 4.78 is 0. The second-order valence-corrected chi connectivity index (χ2v) is 3.49. The molecule has 1 aliphatic rings. The molecule has 0 spiro atoms. The van der Waals surface area contributed by atoms with Crippen molar-refractivity contribution >= 4 is 11.5 Å². The van der Waals surface area contributed by atoms with Crippen molar-refractivity contribution < 1.29 is 0 Å². The van der Waals surface area contributed by atoms with E-state index in [-0.39, 0.29) is 6.29 Å². The van der Waals surface area contributed by atoms with Crippen LogP contribution < -0.4 is 16.0 Å². The van der Waals surface area contributed by atoms with Gasteiger partial charge in [0.1, 0.15) is 5.84 Å². The van der Waals surface area contributed by atoms with Gasteiger partial charge in [0.2, 0.25) is 0 Å². The summed E-state index contributed by atoms with van der Waals surface area (Å²) in [5, 5.41) is 11.0. The number of anilines is 1. The van der Waals surface area contributed by atoms with Gasteiger partial charge in [0.25, 0.3) is 0 Å². The minimum absolute atomic E-state index is 0.372. The highest BCUT2D eigenvalue weighted by atomic mass is 15.4. The lowest BCUT2D eigenvalue weighted by atomic mass is 10.2. The van der Waals surface area contributed by atoms with Gasteiger partial charge in [-0.2, -0.15) is 0 Å². The van der Waals surface area contributed by atoms with Crippen molar-refractivity contribution in [3.05, 3.63) is 42.1 Å². The van der Waals surface area contributed by atoms with Crippen LogP contribution in [0, 0.1) is 5.41 Å². The molecule has 4 nitrogen and oxygen atoms in total. The Morgan fingerprint density at radius 1 is 1.33 bits per heavy atom. The first-order chi connectivity index (χ1) is 7.20. The number of nitrogens with two attached hydrogens (primary N) is 1. The first-order valence-corrected chi connectivity index (χ1v) is 4.82. The zero-order valence-electron chi connectivity index (χ0n) is 8.57. The minimum atomic E-state index is -0.372. The summed E-state index contributed by atoms with van der Waals surface area (Å²) in [5.41, 5.74) is 7.69. The molecule has 0 aromatic heterocycles. The molecular weight excluding hydrogens is 188 g/mol. The van der Waals surface area contributed by atoms with Crippen LogP contribution in [0.5, 0.6) is 0 Å². The van der Waals surface area contributed by atoms with Gasteiger partial charge < -0.3 is 5.32 Å². The van der Waals surface area contributed by atoms with E-state index in [0.29, 0.717) is 5.84 Å². The lowest BCUT2D eigenvalue weighted by Gasteiger charge is -2.35. The van der Waals surface area contributed by atoms with Gasteiger partial charge in [-0.1, -0.05) is 18.2 Å². The lowest BCUT2D eigenvalue weighted by molar-refractivity contribution is 0.614. The molecule has 4 heteroatoms. The van der Waals surface area contributed by atoms with Crippen molar-refractivity contribution in [3.63, 3.8) is 0 Å². The second-order valence-electron chi connectivity index (χ2n) is 3.49. The van der Waals surface area contributed by atoms with E-state index in [0.717, 1.165) is 11.3 Å². The van der Waals surface area contributed by atoms with Crippen molar-refractivity contribution in [3.8, 4) is 0 Å². The zero-order chi connectivity index (χ0) is 10.8. The smallest absolute Gasteiger partial charge is 0.158 e. The summed E-state index contributed by atoms with van der Waals surface area (Å²) in [6.45, 7) is 1.89. The normalized spacial score (nSPS) is 20.9. The largest absolute Gasteiger partial charge is 0.359 e. The molecular formula is C11H14N4. The zero-order valence-corrected chi connectivity index (χ0v) is 8.57. The number of rotatable bonds is 1. The van der Waals surface area contributed by atoms with Crippen LogP contribution >= 0.6 is 0 Å². The molecule has 0 saturated heterocycles. The predicted molar refractivity (Wildman–Crippen MR) is 61.5 cm³/mol. The number of hydrogen-bond donors (Lipinski definition) is 3. The van der Waals surface area contributed by atoms with Gasteiger partial charge in [0.05, 0.1) is 0 Å². The van der Waals surface area contributed by atoms with E-state index in [2.05, 4.69) is 5.32 Å². The number of para-hydroxylation sites is 1. The summed E-state index contributed by atoms with van der Waals surface area (Å²) in [6, 6.07) is 9.69. The van der Waals surface area contributed by atoms with E-state index in [1.807, 2.05) is 37.3 Å². The average molecular weight is 202 g/mol. The molecule has 78 valence electrons. The molecule has 1 aromatic rings. The third kappa shape index (κ3) is 1.71. The molecule has 1 aliphatic heterocycles. The van der Waals surface area contributed by atoms with Crippen molar-refractivity contribution in [1.82, 2.24) is 5.32 Å². The molecule has 15 heavy (non-hydrogen) atoms. The molecule has 1 heterocycles. The van der Waals surface area contributed by atoms with E-state index >= 15 is 0 Å². The van der Waals surface area contributed by atoms with Crippen LogP contribution in [0.3, 0.4) is 0 Å². The van der Waals surface area contributed by atoms with E-state index in [9.17, 15) is 0 Å². The summed E-state index contributed by atoms with van der Waals surface area (Å²) in [4.78, 5) is 1.76. The van der Waals surface area contributed by atoms with Gasteiger partial charge in [-0.05, 0) is 19.1 Å².